The predicted octanol–water partition coefficient (Wildman–Crippen LogP) is 3.76. The zero-order valence-electron chi connectivity index (χ0n) is 17.4. The molecule has 3 heterocycles. The van der Waals surface area contributed by atoms with Gasteiger partial charge in [-0.2, -0.15) is 0 Å². The van der Waals surface area contributed by atoms with Crippen LogP contribution in [0.2, 0.25) is 0 Å². The third kappa shape index (κ3) is 4.22. The Balaban J connectivity index is 0.00000231. The standard InChI is InChI=1S/C24H24N4O2.ClH/c1-27-10-11-28(9-8-23(27)29)15-16-6-7-21-18(12-16)14-22(25-21)19-13-17-4-2-3-5-20(17)26-24(19)30;/h2-7,12-14,25H,8-11,15H2,1H3,(H,26,30);1H. The van der Waals surface area contributed by atoms with Crippen molar-refractivity contribution in [3.05, 3.63) is 70.5 Å². The van der Waals surface area contributed by atoms with Gasteiger partial charge in [-0.1, -0.05) is 24.3 Å². The molecule has 0 atom stereocenters. The highest BCUT2D eigenvalue weighted by molar-refractivity contribution is 5.89. The van der Waals surface area contributed by atoms with E-state index in [-0.39, 0.29) is 23.9 Å². The molecule has 7 heteroatoms. The molecule has 31 heavy (non-hydrogen) atoms. The molecule has 0 saturated carbocycles. The number of aromatic nitrogens is 2. The molecule has 2 N–H and O–H groups in total. The highest BCUT2D eigenvalue weighted by Gasteiger charge is 2.18. The summed E-state index contributed by atoms with van der Waals surface area (Å²) < 4.78 is 0. The van der Waals surface area contributed by atoms with E-state index in [0.717, 1.165) is 53.7 Å². The second-order valence-electron chi connectivity index (χ2n) is 8.05. The predicted molar refractivity (Wildman–Crippen MR) is 127 cm³/mol. The molecule has 0 aliphatic carbocycles. The van der Waals surface area contributed by atoms with Gasteiger partial charge in [0, 0.05) is 56.1 Å². The number of fused-ring (bicyclic) bond motifs is 2. The van der Waals surface area contributed by atoms with Crippen molar-refractivity contribution in [3.63, 3.8) is 0 Å². The summed E-state index contributed by atoms with van der Waals surface area (Å²) in [5, 5.41) is 2.09. The van der Waals surface area contributed by atoms with Gasteiger partial charge in [-0.3, -0.25) is 14.5 Å². The van der Waals surface area contributed by atoms with Crippen LogP contribution in [0.5, 0.6) is 0 Å². The first-order valence-corrected chi connectivity index (χ1v) is 10.3. The zero-order chi connectivity index (χ0) is 20.7. The topological polar surface area (TPSA) is 72.2 Å². The smallest absolute Gasteiger partial charge is 0.257 e. The lowest BCUT2D eigenvalue weighted by Crippen LogP contribution is -2.29. The Morgan fingerprint density at radius 3 is 2.55 bits per heavy atom. The lowest BCUT2D eigenvalue weighted by Gasteiger charge is -2.19. The van der Waals surface area contributed by atoms with E-state index < -0.39 is 0 Å². The summed E-state index contributed by atoms with van der Waals surface area (Å²) in [5.41, 5.74) is 4.41. The molecule has 1 saturated heterocycles. The van der Waals surface area contributed by atoms with Crippen molar-refractivity contribution in [1.82, 2.24) is 19.8 Å². The van der Waals surface area contributed by atoms with Crippen molar-refractivity contribution in [2.75, 3.05) is 26.7 Å². The molecule has 4 aromatic rings. The molecule has 160 valence electrons. The van der Waals surface area contributed by atoms with E-state index in [1.165, 1.54) is 5.56 Å². The van der Waals surface area contributed by atoms with Gasteiger partial charge in [0.05, 0.1) is 11.3 Å². The number of pyridine rings is 1. The number of nitrogens with one attached hydrogen (secondary N) is 2. The average molecular weight is 437 g/mol. The number of carbonyl (C=O) groups is 1. The molecule has 0 bridgehead atoms. The lowest BCUT2D eigenvalue weighted by molar-refractivity contribution is -0.129. The van der Waals surface area contributed by atoms with Crippen LogP contribution in [0.15, 0.2) is 59.4 Å². The number of hydrogen-bond acceptors (Lipinski definition) is 3. The number of rotatable bonds is 3. The van der Waals surface area contributed by atoms with Crippen LogP contribution < -0.4 is 5.56 Å². The van der Waals surface area contributed by atoms with Gasteiger partial charge in [-0.25, -0.2) is 0 Å². The van der Waals surface area contributed by atoms with Gasteiger partial charge in [-0.05, 0) is 41.3 Å². The average Bonchev–Trinajstić information content (AvgIpc) is 3.10. The Kier molecular flexibility index (Phi) is 5.85. The lowest BCUT2D eigenvalue weighted by atomic mass is 10.1. The Bertz CT molecular complexity index is 1310. The molecule has 0 radical (unpaired) electrons. The summed E-state index contributed by atoms with van der Waals surface area (Å²) in [6.45, 7) is 3.24. The third-order valence-corrected chi connectivity index (χ3v) is 5.95. The second kappa shape index (κ2) is 8.57. The van der Waals surface area contributed by atoms with Gasteiger partial charge in [0.1, 0.15) is 0 Å². The van der Waals surface area contributed by atoms with E-state index in [1.807, 2.05) is 48.3 Å². The van der Waals surface area contributed by atoms with Crippen LogP contribution in [0, 0.1) is 0 Å². The number of hydrogen-bond donors (Lipinski definition) is 2. The van der Waals surface area contributed by atoms with Crippen LogP contribution in [0.4, 0.5) is 0 Å². The van der Waals surface area contributed by atoms with Crippen LogP contribution in [0.1, 0.15) is 12.0 Å². The summed E-state index contributed by atoms with van der Waals surface area (Å²) in [6, 6.07) is 18.1. The van der Waals surface area contributed by atoms with E-state index in [2.05, 4.69) is 33.1 Å². The van der Waals surface area contributed by atoms with Crippen molar-refractivity contribution in [2.24, 2.45) is 0 Å². The van der Waals surface area contributed by atoms with Crippen molar-refractivity contribution in [2.45, 2.75) is 13.0 Å². The quantitative estimate of drug-likeness (QED) is 0.513. The largest absolute Gasteiger partial charge is 0.354 e. The first-order valence-electron chi connectivity index (χ1n) is 10.3. The zero-order valence-corrected chi connectivity index (χ0v) is 18.2. The maximum atomic E-state index is 12.6. The van der Waals surface area contributed by atoms with Crippen molar-refractivity contribution in [3.8, 4) is 11.3 Å². The van der Waals surface area contributed by atoms with Crippen LogP contribution in [-0.4, -0.2) is 52.4 Å². The van der Waals surface area contributed by atoms with E-state index in [4.69, 9.17) is 0 Å². The Morgan fingerprint density at radius 1 is 0.871 bits per heavy atom. The molecule has 1 aliphatic heterocycles. The van der Waals surface area contributed by atoms with Gasteiger partial charge in [0.25, 0.3) is 5.56 Å². The fraction of sp³-hybridized carbons (Fsp3) is 0.250. The van der Waals surface area contributed by atoms with Crippen LogP contribution in [-0.2, 0) is 11.3 Å². The molecule has 2 aromatic heterocycles. The van der Waals surface area contributed by atoms with E-state index >= 15 is 0 Å². The number of benzene rings is 2. The Morgan fingerprint density at radius 2 is 1.68 bits per heavy atom. The van der Waals surface area contributed by atoms with E-state index in [1.54, 1.807) is 0 Å². The minimum absolute atomic E-state index is 0. The van der Waals surface area contributed by atoms with Crippen molar-refractivity contribution < 1.29 is 4.79 Å². The van der Waals surface area contributed by atoms with E-state index in [0.29, 0.717) is 12.0 Å². The number of likely N-dealkylation sites (N-methyl/N-ethyl adjacent to an activating group) is 1. The molecular weight excluding hydrogens is 412 g/mol. The molecule has 5 rings (SSSR count). The molecule has 0 unspecified atom stereocenters. The monoisotopic (exact) mass is 436 g/mol. The summed E-state index contributed by atoms with van der Waals surface area (Å²) >= 11 is 0. The normalized spacial score (nSPS) is 15.3. The molecule has 6 nitrogen and oxygen atoms in total. The van der Waals surface area contributed by atoms with Crippen molar-refractivity contribution in [1.29, 1.82) is 0 Å². The van der Waals surface area contributed by atoms with Gasteiger partial charge >= 0.3 is 0 Å². The fourth-order valence-corrected chi connectivity index (χ4v) is 4.16. The Hall–Kier alpha value is -3.09. The summed E-state index contributed by atoms with van der Waals surface area (Å²) in [6.07, 6.45) is 0.567. The molecule has 1 amide bonds. The van der Waals surface area contributed by atoms with Gasteiger partial charge in [-0.15, -0.1) is 12.4 Å². The van der Waals surface area contributed by atoms with Gasteiger partial charge in [0.2, 0.25) is 5.91 Å². The van der Waals surface area contributed by atoms with Gasteiger partial charge in [0.15, 0.2) is 0 Å². The Labute approximate surface area is 186 Å². The molecular formula is C24H25ClN4O2. The highest BCUT2D eigenvalue weighted by atomic mass is 35.5. The summed E-state index contributed by atoms with van der Waals surface area (Å²) in [7, 11) is 1.87. The third-order valence-electron chi connectivity index (χ3n) is 5.95. The number of amides is 1. The number of aromatic amines is 2. The minimum atomic E-state index is -0.0983. The van der Waals surface area contributed by atoms with Gasteiger partial charge < -0.3 is 14.9 Å². The minimum Gasteiger partial charge on any atom is -0.354 e. The number of nitrogens with zero attached hydrogens (tertiary/aromatic N) is 2. The number of halogens is 1. The van der Waals surface area contributed by atoms with Crippen LogP contribution in [0.3, 0.4) is 0 Å². The molecule has 1 aliphatic rings. The second-order valence-corrected chi connectivity index (χ2v) is 8.05. The summed E-state index contributed by atoms with van der Waals surface area (Å²) in [5.74, 6) is 0.212. The molecule has 2 aromatic carbocycles. The molecule has 1 fully saturated rings. The van der Waals surface area contributed by atoms with E-state index in [9.17, 15) is 9.59 Å². The fourth-order valence-electron chi connectivity index (χ4n) is 4.16. The highest BCUT2D eigenvalue weighted by Crippen LogP contribution is 2.25. The van der Waals surface area contributed by atoms with Crippen LogP contribution >= 0.6 is 12.4 Å². The van der Waals surface area contributed by atoms with Crippen molar-refractivity contribution >= 4 is 40.1 Å². The first kappa shape index (κ1) is 21.2. The number of H-pyrrole nitrogens is 2. The molecule has 0 spiro atoms. The number of para-hydroxylation sites is 1. The van der Waals surface area contributed by atoms with Crippen LogP contribution in [0.25, 0.3) is 33.1 Å². The maximum Gasteiger partial charge on any atom is 0.257 e. The SMILES string of the molecule is CN1CCN(Cc2ccc3[nH]c(-c4cc5ccccc5[nH]c4=O)cc3c2)CCC1=O.Cl. The maximum absolute atomic E-state index is 12.6. The first-order chi connectivity index (χ1) is 14.6. The summed E-state index contributed by atoms with van der Waals surface area (Å²) in [4.78, 5) is 35.0. The number of carbonyl (C=O) groups excluding carboxylic acids is 1.